The Labute approximate surface area is 127 Å². The van der Waals surface area contributed by atoms with Crippen molar-refractivity contribution in [3.8, 4) is 0 Å². The lowest BCUT2D eigenvalue weighted by Crippen LogP contribution is -2.29. The van der Waals surface area contributed by atoms with Gasteiger partial charge in [-0.25, -0.2) is 0 Å². The maximum Gasteiger partial charge on any atom is 0.224 e. The predicted octanol–water partition coefficient (Wildman–Crippen LogP) is 2.36. The summed E-state index contributed by atoms with van der Waals surface area (Å²) in [6.45, 7) is 5.44. The molecule has 1 aliphatic rings. The second-order valence-corrected chi connectivity index (χ2v) is 5.54. The summed E-state index contributed by atoms with van der Waals surface area (Å²) in [5, 5.41) is 0. The van der Waals surface area contributed by atoms with Crippen LogP contribution in [0.4, 0.5) is 0 Å². The van der Waals surface area contributed by atoms with Crippen LogP contribution in [0.5, 0.6) is 0 Å². The van der Waals surface area contributed by atoms with Crippen LogP contribution < -0.4 is 0 Å². The van der Waals surface area contributed by atoms with Crippen LogP contribution in [0, 0.1) is 6.92 Å². The van der Waals surface area contributed by atoms with E-state index in [0.29, 0.717) is 32.2 Å². The molecular formula is C17H25NO3. The fourth-order valence-electron chi connectivity index (χ4n) is 2.85. The molecule has 21 heavy (non-hydrogen) atoms. The standard InChI is InChI=1S/C17H25NO3/c1-14-5-3-4-6-16(14)15-7-9-18(13-15)17(19)8-10-21-12-11-20-2/h3-6,15H,7-13H2,1-2H3/t15-/m1/s1. The van der Waals surface area contributed by atoms with Crippen LogP contribution in [-0.4, -0.2) is 50.8 Å². The predicted molar refractivity (Wildman–Crippen MR) is 82.4 cm³/mol. The Balaban J connectivity index is 1.77. The van der Waals surface area contributed by atoms with Crippen molar-refractivity contribution in [2.45, 2.75) is 25.7 Å². The van der Waals surface area contributed by atoms with E-state index in [1.807, 2.05) is 4.90 Å². The van der Waals surface area contributed by atoms with E-state index in [0.717, 1.165) is 19.5 Å². The molecule has 0 radical (unpaired) electrons. The highest BCUT2D eigenvalue weighted by molar-refractivity contribution is 5.76. The highest BCUT2D eigenvalue weighted by Crippen LogP contribution is 2.29. The van der Waals surface area contributed by atoms with Crippen LogP contribution in [0.25, 0.3) is 0 Å². The number of methoxy groups -OCH3 is 1. The Kier molecular flexibility index (Phi) is 6.21. The zero-order chi connectivity index (χ0) is 15.1. The second-order valence-electron chi connectivity index (χ2n) is 5.54. The molecule has 1 amide bonds. The first-order valence-electron chi connectivity index (χ1n) is 7.62. The first-order valence-corrected chi connectivity index (χ1v) is 7.62. The summed E-state index contributed by atoms with van der Waals surface area (Å²) in [6, 6.07) is 8.47. The average molecular weight is 291 g/mol. The van der Waals surface area contributed by atoms with Crippen molar-refractivity contribution < 1.29 is 14.3 Å². The van der Waals surface area contributed by atoms with Crippen molar-refractivity contribution in [1.82, 2.24) is 4.90 Å². The van der Waals surface area contributed by atoms with Crippen LogP contribution in [0.2, 0.25) is 0 Å². The van der Waals surface area contributed by atoms with Gasteiger partial charge in [0.1, 0.15) is 0 Å². The minimum Gasteiger partial charge on any atom is -0.382 e. The Bertz CT molecular complexity index is 461. The van der Waals surface area contributed by atoms with Gasteiger partial charge in [0.05, 0.1) is 26.2 Å². The third-order valence-electron chi connectivity index (χ3n) is 4.06. The summed E-state index contributed by atoms with van der Waals surface area (Å²) in [5.41, 5.74) is 2.70. The first kappa shape index (κ1) is 16.0. The Hall–Kier alpha value is -1.39. The van der Waals surface area contributed by atoms with Crippen molar-refractivity contribution in [1.29, 1.82) is 0 Å². The second kappa shape index (κ2) is 8.15. The highest BCUT2D eigenvalue weighted by Gasteiger charge is 2.27. The van der Waals surface area contributed by atoms with E-state index in [1.54, 1.807) is 7.11 Å². The molecule has 0 spiro atoms. The summed E-state index contributed by atoms with van der Waals surface area (Å²) in [4.78, 5) is 14.1. The van der Waals surface area contributed by atoms with E-state index in [2.05, 4.69) is 31.2 Å². The number of rotatable bonds is 7. The van der Waals surface area contributed by atoms with E-state index in [9.17, 15) is 4.79 Å². The zero-order valence-electron chi connectivity index (χ0n) is 13.0. The number of benzene rings is 1. The van der Waals surface area contributed by atoms with Gasteiger partial charge in [0.15, 0.2) is 0 Å². The SMILES string of the molecule is COCCOCCC(=O)N1CC[C@@H](c2ccccc2C)C1. The maximum atomic E-state index is 12.2. The third kappa shape index (κ3) is 4.55. The first-order chi connectivity index (χ1) is 10.2. The molecule has 0 N–H and O–H groups in total. The van der Waals surface area contributed by atoms with Gasteiger partial charge >= 0.3 is 0 Å². The molecule has 1 aliphatic heterocycles. The van der Waals surface area contributed by atoms with Crippen molar-refractivity contribution in [2.75, 3.05) is 40.0 Å². The van der Waals surface area contributed by atoms with E-state index in [-0.39, 0.29) is 5.91 Å². The van der Waals surface area contributed by atoms with Gasteiger partial charge in [-0.05, 0) is 24.5 Å². The van der Waals surface area contributed by atoms with Crippen LogP contribution in [0.15, 0.2) is 24.3 Å². The molecule has 2 rings (SSSR count). The molecule has 1 atom stereocenters. The number of amides is 1. The molecule has 4 heteroatoms. The van der Waals surface area contributed by atoms with Crippen LogP contribution in [0.3, 0.4) is 0 Å². The summed E-state index contributed by atoms with van der Waals surface area (Å²) in [6.07, 6.45) is 1.52. The molecule has 1 aromatic rings. The number of nitrogens with zero attached hydrogens (tertiary/aromatic N) is 1. The molecule has 0 unspecified atom stereocenters. The van der Waals surface area contributed by atoms with Crippen LogP contribution in [0.1, 0.15) is 29.9 Å². The van der Waals surface area contributed by atoms with Gasteiger partial charge < -0.3 is 14.4 Å². The van der Waals surface area contributed by atoms with Gasteiger partial charge in [-0.3, -0.25) is 4.79 Å². The quantitative estimate of drug-likeness (QED) is 0.724. The molecule has 0 aliphatic carbocycles. The Morgan fingerprint density at radius 3 is 2.86 bits per heavy atom. The lowest BCUT2D eigenvalue weighted by Gasteiger charge is -2.17. The Morgan fingerprint density at radius 1 is 1.29 bits per heavy atom. The summed E-state index contributed by atoms with van der Waals surface area (Å²) >= 11 is 0. The average Bonchev–Trinajstić information content (AvgIpc) is 2.97. The fourth-order valence-corrected chi connectivity index (χ4v) is 2.85. The van der Waals surface area contributed by atoms with Crippen molar-refractivity contribution >= 4 is 5.91 Å². The zero-order valence-corrected chi connectivity index (χ0v) is 13.0. The van der Waals surface area contributed by atoms with Gasteiger partial charge in [-0.15, -0.1) is 0 Å². The van der Waals surface area contributed by atoms with Crippen LogP contribution in [-0.2, 0) is 14.3 Å². The van der Waals surface area contributed by atoms with Gasteiger partial charge in [-0.2, -0.15) is 0 Å². The van der Waals surface area contributed by atoms with Gasteiger partial charge in [0.25, 0.3) is 0 Å². The molecule has 116 valence electrons. The van der Waals surface area contributed by atoms with Gasteiger partial charge in [0.2, 0.25) is 5.91 Å². The van der Waals surface area contributed by atoms with E-state index < -0.39 is 0 Å². The monoisotopic (exact) mass is 291 g/mol. The van der Waals surface area contributed by atoms with E-state index >= 15 is 0 Å². The number of ether oxygens (including phenoxy) is 2. The van der Waals surface area contributed by atoms with E-state index in [1.165, 1.54) is 11.1 Å². The van der Waals surface area contributed by atoms with Crippen molar-refractivity contribution in [3.05, 3.63) is 35.4 Å². The highest BCUT2D eigenvalue weighted by atomic mass is 16.5. The summed E-state index contributed by atoms with van der Waals surface area (Å²) in [5.74, 6) is 0.674. The largest absolute Gasteiger partial charge is 0.382 e. The lowest BCUT2D eigenvalue weighted by atomic mass is 9.94. The van der Waals surface area contributed by atoms with Crippen molar-refractivity contribution in [2.24, 2.45) is 0 Å². The summed E-state index contributed by atoms with van der Waals surface area (Å²) in [7, 11) is 1.64. The molecule has 1 saturated heterocycles. The normalized spacial score (nSPS) is 18.2. The van der Waals surface area contributed by atoms with Crippen LogP contribution >= 0.6 is 0 Å². The molecular weight excluding hydrogens is 266 g/mol. The molecule has 1 heterocycles. The molecule has 4 nitrogen and oxygen atoms in total. The van der Waals surface area contributed by atoms with Crippen molar-refractivity contribution in [3.63, 3.8) is 0 Å². The summed E-state index contributed by atoms with van der Waals surface area (Å²) < 4.78 is 10.3. The maximum absolute atomic E-state index is 12.2. The third-order valence-corrected chi connectivity index (χ3v) is 4.06. The number of likely N-dealkylation sites (tertiary alicyclic amines) is 1. The molecule has 1 fully saturated rings. The lowest BCUT2D eigenvalue weighted by molar-refractivity contribution is -0.131. The fraction of sp³-hybridized carbons (Fsp3) is 0.588. The molecule has 0 aromatic heterocycles. The topological polar surface area (TPSA) is 38.8 Å². The van der Waals surface area contributed by atoms with Gasteiger partial charge in [0, 0.05) is 26.1 Å². The minimum atomic E-state index is 0.198. The molecule has 0 bridgehead atoms. The molecule has 0 saturated carbocycles. The number of hydrogen-bond donors (Lipinski definition) is 0. The number of carbonyl (C=O) groups is 1. The number of carbonyl (C=O) groups excluding carboxylic acids is 1. The minimum absolute atomic E-state index is 0.198. The molecule has 1 aromatic carbocycles. The van der Waals surface area contributed by atoms with Gasteiger partial charge in [-0.1, -0.05) is 24.3 Å². The number of hydrogen-bond acceptors (Lipinski definition) is 3. The van der Waals surface area contributed by atoms with E-state index in [4.69, 9.17) is 9.47 Å². The Morgan fingerprint density at radius 2 is 2.10 bits per heavy atom. The number of aryl methyl sites for hydroxylation is 1. The smallest absolute Gasteiger partial charge is 0.224 e.